The van der Waals surface area contributed by atoms with Gasteiger partial charge in [0, 0.05) is 37.7 Å². The number of piperidine rings is 1. The average molecular weight is 328 g/mol. The van der Waals surface area contributed by atoms with Crippen LogP contribution in [0.5, 0.6) is 0 Å². The van der Waals surface area contributed by atoms with Crippen molar-refractivity contribution in [2.75, 3.05) is 37.7 Å². The van der Waals surface area contributed by atoms with Gasteiger partial charge >= 0.3 is 0 Å². The first kappa shape index (κ1) is 16.5. The third-order valence-electron chi connectivity index (χ3n) is 4.84. The van der Waals surface area contributed by atoms with Gasteiger partial charge in [0.15, 0.2) is 0 Å². The van der Waals surface area contributed by atoms with Gasteiger partial charge in [0.1, 0.15) is 6.61 Å². The van der Waals surface area contributed by atoms with Gasteiger partial charge in [-0.05, 0) is 36.5 Å². The van der Waals surface area contributed by atoms with E-state index >= 15 is 0 Å². The first-order valence-electron chi connectivity index (χ1n) is 8.38. The summed E-state index contributed by atoms with van der Waals surface area (Å²) in [5.41, 5.74) is 8.61. The Hall–Kier alpha value is -2.34. The van der Waals surface area contributed by atoms with Crippen LogP contribution >= 0.6 is 0 Å². The van der Waals surface area contributed by atoms with E-state index in [4.69, 9.17) is 15.9 Å². The Morgan fingerprint density at radius 2 is 1.92 bits per heavy atom. The van der Waals surface area contributed by atoms with Crippen LogP contribution in [0.3, 0.4) is 0 Å². The summed E-state index contributed by atoms with van der Waals surface area (Å²) in [5, 5.41) is 7.39. The van der Waals surface area contributed by atoms with Gasteiger partial charge in [0.25, 0.3) is 5.91 Å². The number of amides is 1. The molecule has 3 N–H and O–H groups in total. The molecule has 1 amide bonds. The highest BCUT2D eigenvalue weighted by Gasteiger charge is 2.23. The van der Waals surface area contributed by atoms with E-state index in [1.54, 1.807) is 4.90 Å². The minimum Gasteiger partial charge on any atom is -0.403 e. The monoisotopic (exact) mass is 328 g/mol. The van der Waals surface area contributed by atoms with Crippen molar-refractivity contribution in [2.24, 2.45) is 5.73 Å². The minimum atomic E-state index is 0.0232. The number of morpholine rings is 1. The van der Waals surface area contributed by atoms with Gasteiger partial charge in [-0.15, -0.1) is 0 Å². The van der Waals surface area contributed by atoms with Crippen molar-refractivity contribution in [1.29, 1.82) is 5.41 Å². The van der Waals surface area contributed by atoms with Gasteiger partial charge in [-0.2, -0.15) is 0 Å². The van der Waals surface area contributed by atoms with Crippen LogP contribution in [0.2, 0.25) is 0 Å². The van der Waals surface area contributed by atoms with E-state index in [1.807, 2.05) is 12.1 Å². The second-order valence-corrected chi connectivity index (χ2v) is 6.19. The smallest absolute Gasteiger partial charge is 0.253 e. The lowest BCUT2D eigenvalue weighted by molar-refractivity contribution is -0.125. The zero-order valence-electron chi connectivity index (χ0n) is 13.8. The highest BCUT2D eigenvalue weighted by molar-refractivity contribution is 5.94. The fourth-order valence-corrected chi connectivity index (χ4v) is 3.43. The number of nitrogens with zero attached hydrogens (tertiary/aromatic N) is 2. The lowest BCUT2D eigenvalue weighted by Gasteiger charge is -2.34. The van der Waals surface area contributed by atoms with E-state index in [9.17, 15) is 4.79 Å². The number of hydrogen-bond acceptors (Lipinski definition) is 5. The number of rotatable bonds is 4. The van der Waals surface area contributed by atoms with E-state index in [0.29, 0.717) is 19.1 Å². The Bertz CT molecular complexity index is 618. The fourth-order valence-electron chi connectivity index (χ4n) is 3.43. The predicted octanol–water partition coefficient (Wildman–Crippen LogP) is 1.68. The molecular formula is C18H24N4O2. The molecule has 2 saturated heterocycles. The maximum atomic E-state index is 11.9. The molecule has 6 nitrogen and oxygen atoms in total. The first-order chi connectivity index (χ1) is 11.7. The van der Waals surface area contributed by atoms with E-state index in [1.165, 1.54) is 18.0 Å². The molecule has 2 heterocycles. The van der Waals surface area contributed by atoms with Crippen molar-refractivity contribution >= 4 is 17.8 Å². The van der Waals surface area contributed by atoms with Crippen molar-refractivity contribution in [3.05, 3.63) is 41.7 Å². The van der Waals surface area contributed by atoms with Crippen molar-refractivity contribution in [3.63, 3.8) is 0 Å². The number of hydrogen-bond donors (Lipinski definition) is 2. The number of nitrogens with one attached hydrogen (secondary N) is 1. The molecule has 128 valence electrons. The molecule has 0 spiro atoms. The van der Waals surface area contributed by atoms with Crippen molar-refractivity contribution < 1.29 is 9.53 Å². The van der Waals surface area contributed by atoms with Crippen LogP contribution in [0.15, 0.2) is 36.2 Å². The number of likely N-dealkylation sites (tertiary alicyclic amines) is 1. The van der Waals surface area contributed by atoms with Crippen LogP contribution in [-0.2, 0) is 9.53 Å². The molecule has 1 aromatic carbocycles. The first-order valence-corrected chi connectivity index (χ1v) is 8.38. The summed E-state index contributed by atoms with van der Waals surface area (Å²) in [6.45, 7) is 3.20. The largest absolute Gasteiger partial charge is 0.403 e. The Balaban J connectivity index is 1.62. The molecule has 1 aromatic rings. The van der Waals surface area contributed by atoms with Crippen LogP contribution in [-0.4, -0.2) is 49.9 Å². The summed E-state index contributed by atoms with van der Waals surface area (Å²) in [6.07, 6.45) is 4.90. The molecule has 0 aliphatic carbocycles. The maximum absolute atomic E-state index is 11.9. The Morgan fingerprint density at radius 3 is 2.50 bits per heavy atom. The number of carbonyl (C=O) groups excluding carboxylic acids is 1. The molecule has 3 rings (SSSR count). The van der Waals surface area contributed by atoms with E-state index < -0.39 is 0 Å². The Labute approximate surface area is 142 Å². The van der Waals surface area contributed by atoms with Gasteiger partial charge in [0.05, 0.1) is 12.3 Å². The third kappa shape index (κ3) is 3.43. The minimum absolute atomic E-state index is 0.0232. The molecule has 6 heteroatoms. The summed E-state index contributed by atoms with van der Waals surface area (Å²) in [7, 11) is 0. The number of anilines is 1. The van der Waals surface area contributed by atoms with Crippen LogP contribution in [0, 0.1) is 5.41 Å². The van der Waals surface area contributed by atoms with E-state index in [0.717, 1.165) is 37.3 Å². The molecule has 0 unspecified atom stereocenters. The Morgan fingerprint density at radius 1 is 1.21 bits per heavy atom. The van der Waals surface area contributed by atoms with Crippen LogP contribution in [0.4, 0.5) is 5.69 Å². The fraction of sp³-hybridized carbons (Fsp3) is 0.444. The van der Waals surface area contributed by atoms with E-state index in [-0.39, 0.29) is 12.5 Å². The Kier molecular flexibility index (Phi) is 5.15. The molecule has 2 fully saturated rings. The molecular weight excluding hydrogens is 304 g/mol. The topological polar surface area (TPSA) is 82.7 Å². The lowest BCUT2D eigenvalue weighted by atomic mass is 9.89. The third-order valence-corrected chi connectivity index (χ3v) is 4.84. The summed E-state index contributed by atoms with van der Waals surface area (Å²) >= 11 is 0. The second kappa shape index (κ2) is 7.49. The summed E-state index contributed by atoms with van der Waals surface area (Å²) in [5.74, 6) is 0.538. The molecule has 2 aliphatic heterocycles. The van der Waals surface area contributed by atoms with Gasteiger partial charge in [-0.1, -0.05) is 12.1 Å². The normalized spacial score (nSPS) is 20.3. The highest BCUT2D eigenvalue weighted by Crippen LogP contribution is 2.30. The predicted molar refractivity (Wildman–Crippen MR) is 94.2 cm³/mol. The second-order valence-electron chi connectivity index (χ2n) is 6.19. The zero-order chi connectivity index (χ0) is 16.9. The average Bonchev–Trinajstić information content (AvgIpc) is 2.64. The molecule has 24 heavy (non-hydrogen) atoms. The standard InChI is InChI=1S/C18H24N4O2/c19-11-17(12-20)21-7-5-15(6-8-21)14-1-3-16(4-2-14)22-9-10-24-13-18(22)23/h1-4,11-12,15,19H,5-10,13,20H2/b17-12+,19-11?. The lowest BCUT2D eigenvalue weighted by Crippen LogP contribution is -2.41. The number of carbonyl (C=O) groups is 1. The molecule has 0 atom stereocenters. The van der Waals surface area contributed by atoms with Crippen molar-refractivity contribution in [3.8, 4) is 0 Å². The molecule has 2 aliphatic rings. The van der Waals surface area contributed by atoms with Crippen LogP contribution < -0.4 is 10.6 Å². The van der Waals surface area contributed by atoms with Gasteiger partial charge < -0.3 is 25.7 Å². The zero-order valence-corrected chi connectivity index (χ0v) is 13.8. The molecule has 0 radical (unpaired) electrons. The van der Waals surface area contributed by atoms with Crippen molar-refractivity contribution in [1.82, 2.24) is 4.90 Å². The number of ether oxygens (including phenoxy) is 1. The van der Waals surface area contributed by atoms with Gasteiger partial charge in [0.2, 0.25) is 0 Å². The quantitative estimate of drug-likeness (QED) is 0.824. The van der Waals surface area contributed by atoms with Gasteiger partial charge in [-0.3, -0.25) is 4.79 Å². The SMILES string of the molecule is N=C/C(=C\N)N1CCC(c2ccc(N3CCOCC3=O)cc2)CC1. The molecule has 0 saturated carbocycles. The molecule has 0 bridgehead atoms. The van der Waals surface area contributed by atoms with Crippen LogP contribution in [0.25, 0.3) is 0 Å². The summed E-state index contributed by atoms with van der Waals surface area (Å²) in [6, 6.07) is 8.34. The van der Waals surface area contributed by atoms with Crippen LogP contribution in [0.1, 0.15) is 24.3 Å². The summed E-state index contributed by atoms with van der Waals surface area (Å²) in [4.78, 5) is 15.8. The summed E-state index contributed by atoms with van der Waals surface area (Å²) < 4.78 is 5.17. The molecule has 0 aromatic heterocycles. The number of allylic oxidation sites excluding steroid dienone is 1. The van der Waals surface area contributed by atoms with Crippen molar-refractivity contribution in [2.45, 2.75) is 18.8 Å². The maximum Gasteiger partial charge on any atom is 0.253 e. The number of nitrogens with two attached hydrogens (primary N) is 1. The van der Waals surface area contributed by atoms with Gasteiger partial charge in [-0.25, -0.2) is 0 Å². The van der Waals surface area contributed by atoms with E-state index in [2.05, 4.69) is 17.0 Å². The highest BCUT2D eigenvalue weighted by atomic mass is 16.5. The number of benzene rings is 1.